The van der Waals surface area contributed by atoms with Gasteiger partial charge in [0.15, 0.2) is 0 Å². The third-order valence-electron chi connectivity index (χ3n) is 2.93. The molecular weight excluding hydrogens is 324 g/mol. The molecule has 2 aromatic heterocycles. The van der Waals surface area contributed by atoms with Crippen LogP contribution in [0.3, 0.4) is 0 Å². The number of aryl methyl sites for hydroxylation is 1. The first kappa shape index (κ1) is 12.4. The summed E-state index contributed by atoms with van der Waals surface area (Å²) in [7, 11) is 0. The lowest BCUT2D eigenvalue weighted by Crippen LogP contribution is -1.87. The lowest BCUT2D eigenvalue weighted by Gasteiger charge is -2.05. The van der Waals surface area contributed by atoms with Crippen LogP contribution in [0.5, 0.6) is 0 Å². The standard InChI is InChI=1S/C14H11BrN2OS/c1-8-4-2-5-9(12(8)15)13-11(14(16)18-17-13)10-6-3-7-19-10/h2-7H,16H2,1H3. The van der Waals surface area contributed by atoms with E-state index in [0.717, 1.165) is 31.7 Å². The van der Waals surface area contributed by atoms with Crippen molar-refractivity contribution < 1.29 is 4.52 Å². The van der Waals surface area contributed by atoms with Gasteiger partial charge in [0.25, 0.3) is 0 Å². The molecule has 0 saturated heterocycles. The highest BCUT2D eigenvalue weighted by Gasteiger charge is 2.20. The van der Waals surface area contributed by atoms with Crippen molar-refractivity contribution in [2.75, 3.05) is 5.73 Å². The number of hydrogen-bond donors (Lipinski definition) is 1. The molecule has 0 aliphatic rings. The van der Waals surface area contributed by atoms with Gasteiger partial charge in [-0.15, -0.1) is 11.3 Å². The van der Waals surface area contributed by atoms with E-state index in [4.69, 9.17) is 10.3 Å². The number of anilines is 1. The first-order chi connectivity index (χ1) is 9.18. The Morgan fingerprint density at radius 1 is 1.26 bits per heavy atom. The third-order valence-corrected chi connectivity index (χ3v) is 4.87. The molecule has 0 bridgehead atoms. The van der Waals surface area contributed by atoms with Crippen molar-refractivity contribution in [3.8, 4) is 21.7 Å². The second-order valence-electron chi connectivity index (χ2n) is 4.18. The molecule has 19 heavy (non-hydrogen) atoms. The fraction of sp³-hybridized carbons (Fsp3) is 0.0714. The van der Waals surface area contributed by atoms with Crippen molar-refractivity contribution in [2.45, 2.75) is 6.92 Å². The molecule has 3 nitrogen and oxygen atoms in total. The van der Waals surface area contributed by atoms with Crippen molar-refractivity contribution in [1.82, 2.24) is 5.16 Å². The molecule has 96 valence electrons. The second-order valence-corrected chi connectivity index (χ2v) is 5.92. The van der Waals surface area contributed by atoms with E-state index in [1.165, 1.54) is 0 Å². The van der Waals surface area contributed by atoms with Crippen LogP contribution in [0.2, 0.25) is 0 Å². The Kier molecular flexibility index (Phi) is 3.16. The van der Waals surface area contributed by atoms with Gasteiger partial charge < -0.3 is 10.3 Å². The molecular formula is C14H11BrN2OS. The highest BCUT2D eigenvalue weighted by Crippen LogP contribution is 2.41. The van der Waals surface area contributed by atoms with Crippen molar-refractivity contribution in [3.05, 3.63) is 45.7 Å². The molecule has 0 atom stereocenters. The van der Waals surface area contributed by atoms with Gasteiger partial charge in [0.05, 0.1) is 5.56 Å². The molecule has 3 rings (SSSR count). The monoisotopic (exact) mass is 334 g/mol. The van der Waals surface area contributed by atoms with E-state index < -0.39 is 0 Å². The van der Waals surface area contributed by atoms with Crippen molar-refractivity contribution in [3.63, 3.8) is 0 Å². The number of benzene rings is 1. The predicted molar refractivity (Wildman–Crippen MR) is 82.1 cm³/mol. The van der Waals surface area contributed by atoms with E-state index in [-0.39, 0.29) is 0 Å². The molecule has 0 unspecified atom stereocenters. The fourth-order valence-electron chi connectivity index (χ4n) is 1.98. The molecule has 0 fully saturated rings. The molecule has 0 saturated carbocycles. The summed E-state index contributed by atoms with van der Waals surface area (Å²) in [5.74, 6) is 0.353. The van der Waals surface area contributed by atoms with Gasteiger partial charge in [0, 0.05) is 14.9 Å². The minimum atomic E-state index is 0.353. The van der Waals surface area contributed by atoms with Crippen LogP contribution in [-0.4, -0.2) is 5.16 Å². The van der Waals surface area contributed by atoms with E-state index in [2.05, 4.69) is 21.1 Å². The van der Waals surface area contributed by atoms with Crippen molar-refractivity contribution in [2.24, 2.45) is 0 Å². The van der Waals surface area contributed by atoms with E-state index in [1.54, 1.807) is 11.3 Å². The maximum absolute atomic E-state index is 5.92. The minimum absolute atomic E-state index is 0.353. The van der Waals surface area contributed by atoms with Crippen LogP contribution in [-0.2, 0) is 0 Å². The van der Waals surface area contributed by atoms with E-state index in [0.29, 0.717) is 5.88 Å². The molecule has 1 aromatic carbocycles. The summed E-state index contributed by atoms with van der Waals surface area (Å²) < 4.78 is 6.20. The number of nitrogen functional groups attached to an aromatic ring is 1. The zero-order valence-electron chi connectivity index (χ0n) is 10.2. The van der Waals surface area contributed by atoms with Gasteiger partial charge in [-0.2, -0.15) is 0 Å². The highest BCUT2D eigenvalue weighted by atomic mass is 79.9. The average Bonchev–Trinajstić information content (AvgIpc) is 3.02. The van der Waals surface area contributed by atoms with Crippen LogP contribution in [0, 0.1) is 6.92 Å². The van der Waals surface area contributed by atoms with Gasteiger partial charge in [-0.3, -0.25) is 0 Å². The summed E-state index contributed by atoms with van der Waals surface area (Å²) in [5, 5.41) is 6.13. The van der Waals surface area contributed by atoms with E-state index in [9.17, 15) is 0 Å². The first-order valence-electron chi connectivity index (χ1n) is 5.73. The molecule has 0 spiro atoms. The molecule has 3 aromatic rings. The van der Waals surface area contributed by atoms with Crippen LogP contribution < -0.4 is 5.73 Å². The van der Waals surface area contributed by atoms with Crippen LogP contribution in [0.1, 0.15) is 5.56 Å². The number of nitrogens with two attached hydrogens (primary N) is 1. The van der Waals surface area contributed by atoms with Gasteiger partial charge in [0.1, 0.15) is 5.69 Å². The SMILES string of the molecule is Cc1cccc(-c2noc(N)c2-c2cccs2)c1Br. The molecule has 5 heteroatoms. The predicted octanol–water partition coefficient (Wildman–Crippen LogP) is 4.72. The van der Waals surface area contributed by atoms with Crippen LogP contribution in [0.25, 0.3) is 21.7 Å². The zero-order chi connectivity index (χ0) is 13.4. The fourth-order valence-corrected chi connectivity index (χ4v) is 3.20. The highest BCUT2D eigenvalue weighted by molar-refractivity contribution is 9.10. The molecule has 0 radical (unpaired) electrons. The number of aromatic nitrogens is 1. The zero-order valence-corrected chi connectivity index (χ0v) is 12.6. The van der Waals surface area contributed by atoms with Gasteiger partial charge in [-0.25, -0.2) is 0 Å². The Morgan fingerprint density at radius 3 is 2.84 bits per heavy atom. The van der Waals surface area contributed by atoms with Crippen LogP contribution in [0.15, 0.2) is 44.7 Å². The van der Waals surface area contributed by atoms with Gasteiger partial charge in [0.2, 0.25) is 5.88 Å². The Balaban J connectivity index is 2.25. The smallest absolute Gasteiger partial charge is 0.231 e. The maximum Gasteiger partial charge on any atom is 0.231 e. The summed E-state index contributed by atoms with van der Waals surface area (Å²) in [5.41, 5.74) is 9.70. The number of hydrogen-bond acceptors (Lipinski definition) is 4. The molecule has 0 amide bonds. The normalized spacial score (nSPS) is 10.8. The molecule has 2 N–H and O–H groups in total. The average molecular weight is 335 g/mol. The molecule has 0 aliphatic carbocycles. The Hall–Kier alpha value is -1.59. The van der Waals surface area contributed by atoms with Gasteiger partial charge in [-0.1, -0.05) is 29.4 Å². The second kappa shape index (κ2) is 4.83. The summed E-state index contributed by atoms with van der Waals surface area (Å²) in [6.07, 6.45) is 0. The van der Waals surface area contributed by atoms with Gasteiger partial charge >= 0.3 is 0 Å². The number of rotatable bonds is 2. The number of thiophene rings is 1. The van der Waals surface area contributed by atoms with E-state index in [1.807, 2.05) is 42.6 Å². The molecule has 2 heterocycles. The van der Waals surface area contributed by atoms with Gasteiger partial charge in [-0.05, 0) is 39.9 Å². The minimum Gasteiger partial charge on any atom is -0.367 e. The summed E-state index contributed by atoms with van der Waals surface area (Å²) in [4.78, 5) is 1.06. The number of halogens is 1. The Labute approximate surface area is 123 Å². The van der Waals surface area contributed by atoms with Crippen molar-refractivity contribution >= 4 is 33.2 Å². The topological polar surface area (TPSA) is 52.0 Å². The lowest BCUT2D eigenvalue weighted by atomic mass is 10.0. The summed E-state index contributed by atoms with van der Waals surface area (Å²) in [6, 6.07) is 10.0. The van der Waals surface area contributed by atoms with Crippen molar-refractivity contribution in [1.29, 1.82) is 0 Å². The largest absolute Gasteiger partial charge is 0.367 e. The molecule has 0 aliphatic heterocycles. The third kappa shape index (κ3) is 2.09. The Bertz CT molecular complexity index is 719. The van der Waals surface area contributed by atoms with Crippen LogP contribution >= 0.6 is 27.3 Å². The Morgan fingerprint density at radius 2 is 2.11 bits per heavy atom. The summed E-state index contributed by atoms with van der Waals surface area (Å²) in [6.45, 7) is 2.04. The quantitative estimate of drug-likeness (QED) is 0.737. The van der Waals surface area contributed by atoms with Crippen LogP contribution in [0.4, 0.5) is 5.88 Å². The first-order valence-corrected chi connectivity index (χ1v) is 7.40. The van der Waals surface area contributed by atoms with E-state index >= 15 is 0 Å². The lowest BCUT2D eigenvalue weighted by molar-refractivity contribution is 0.439. The number of nitrogens with zero attached hydrogens (tertiary/aromatic N) is 1. The maximum atomic E-state index is 5.92. The summed E-state index contributed by atoms with van der Waals surface area (Å²) >= 11 is 5.22.